The third-order valence-corrected chi connectivity index (χ3v) is 4.62. The van der Waals surface area contributed by atoms with E-state index < -0.39 is 0 Å². The van der Waals surface area contributed by atoms with Crippen molar-refractivity contribution in [3.63, 3.8) is 0 Å². The summed E-state index contributed by atoms with van der Waals surface area (Å²) in [6, 6.07) is 11.9. The molecule has 4 rings (SSSR count). The van der Waals surface area contributed by atoms with Crippen molar-refractivity contribution in [2.24, 2.45) is 0 Å². The van der Waals surface area contributed by atoms with Crippen LogP contribution in [0.5, 0.6) is 5.75 Å². The van der Waals surface area contributed by atoms with Gasteiger partial charge in [0.2, 0.25) is 0 Å². The van der Waals surface area contributed by atoms with Crippen molar-refractivity contribution in [1.29, 1.82) is 0 Å². The Kier molecular flexibility index (Phi) is 3.43. The van der Waals surface area contributed by atoms with E-state index in [0.29, 0.717) is 5.15 Å². The van der Waals surface area contributed by atoms with Gasteiger partial charge in [0.05, 0.1) is 29.2 Å². The number of methoxy groups -OCH3 is 1. The lowest BCUT2D eigenvalue weighted by Gasteiger charge is -2.05. The van der Waals surface area contributed by atoms with Crippen molar-refractivity contribution < 1.29 is 4.74 Å². The molecule has 0 fully saturated rings. The number of fused-ring (bicyclic) bond motifs is 2. The molecule has 2 aromatic carbocycles. The number of nitrogens with one attached hydrogen (secondary N) is 1. The maximum atomic E-state index is 6.40. The number of hydrogen-bond acceptors (Lipinski definition) is 3. The number of pyridine rings is 1. The summed E-state index contributed by atoms with van der Waals surface area (Å²) in [6.07, 6.45) is 0. The summed E-state index contributed by atoms with van der Waals surface area (Å²) < 4.78 is 5.29. The fourth-order valence-corrected chi connectivity index (χ4v) is 3.06. The molecule has 5 heteroatoms. The van der Waals surface area contributed by atoms with E-state index in [2.05, 4.69) is 40.9 Å². The first kappa shape index (κ1) is 15.0. The number of rotatable bonds is 2. The van der Waals surface area contributed by atoms with Gasteiger partial charge in [-0.1, -0.05) is 11.6 Å². The molecule has 4 nitrogen and oxygen atoms in total. The van der Waals surface area contributed by atoms with E-state index in [1.165, 1.54) is 11.1 Å². The first-order valence-corrected chi connectivity index (χ1v) is 8.04. The number of H-pyrrole nitrogens is 1. The number of ether oxygens (including phenoxy) is 1. The minimum atomic E-state index is 0.431. The highest BCUT2D eigenvalue weighted by Crippen LogP contribution is 2.31. The summed E-state index contributed by atoms with van der Waals surface area (Å²) in [5.41, 5.74) is 5.97. The van der Waals surface area contributed by atoms with E-state index in [-0.39, 0.29) is 0 Å². The molecule has 0 saturated heterocycles. The molecule has 0 amide bonds. The average molecular weight is 338 g/mol. The standard InChI is InChI=1S/C19H16ClN3O/c1-10-6-16-17(7-11(10)2)23-19(22-16)14-9-12-8-13(24-3)4-5-15(12)21-18(14)20/h4-9H,1-3H3,(H,22,23). The summed E-state index contributed by atoms with van der Waals surface area (Å²) in [5.74, 6) is 1.51. The first-order valence-electron chi connectivity index (χ1n) is 7.67. The predicted octanol–water partition coefficient (Wildman–Crippen LogP) is 5.06. The molecule has 0 aliphatic rings. The van der Waals surface area contributed by atoms with Crippen LogP contribution in [0, 0.1) is 13.8 Å². The Balaban J connectivity index is 1.93. The lowest BCUT2D eigenvalue weighted by atomic mass is 10.1. The van der Waals surface area contributed by atoms with Gasteiger partial charge < -0.3 is 9.72 Å². The van der Waals surface area contributed by atoms with E-state index in [9.17, 15) is 0 Å². The highest BCUT2D eigenvalue weighted by Gasteiger charge is 2.13. The van der Waals surface area contributed by atoms with Crippen molar-refractivity contribution in [2.45, 2.75) is 13.8 Å². The largest absolute Gasteiger partial charge is 0.497 e. The van der Waals surface area contributed by atoms with Gasteiger partial charge in [-0.05, 0) is 61.4 Å². The molecular weight excluding hydrogens is 322 g/mol. The van der Waals surface area contributed by atoms with Crippen LogP contribution in [-0.2, 0) is 0 Å². The molecule has 2 aromatic heterocycles. The molecular formula is C19H16ClN3O. The molecule has 0 spiro atoms. The minimum absolute atomic E-state index is 0.431. The maximum Gasteiger partial charge on any atom is 0.141 e. The Morgan fingerprint density at radius 1 is 0.958 bits per heavy atom. The second-order valence-corrected chi connectivity index (χ2v) is 6.28. The first-order chi connectivity index (χ1) is 11.5. The molecule has 4 aromatic rings. The van der Waals surface area contributed by atoms with E-state index >= 15 is 0 Å². The summed E-state index contributed by atoms with van der Waals surface area (Å²) >= 11 is 6.40. The van der Waals surface area contributed by atoms with Crippen LogP contribution >= 0.6 is 11.6 Å². The summed E-state index contributed by atoms with van der Waals surface area (Å²) in [4.78, 5) is 12.5. The third-order valence-electron chi connectivity index (χ3n) is 4.33. The van der Waals surface area contributed by atoms with Gasteiger partial charge in [0, 0.05) is 5.39 Å². The Morgan fingerprint density at radius 2 is 1.75 bits per heavy atom. The monoisotopic (exact) mass is 337 g/mol. The lowest BCUT2D eigenvalue weighted by Crippen LogP contribution is -1.89. The van der Waals surface area contributed by atoms with Crippen LogP contribution in [0.1, 0.15) is 11.1 Å². The van der Waals surface area contributed by atoms with Gasteiger partial charge in [-0.2, -0.15) is 0 Å². The van der Waals surface area contributed by atoms with Crippen LogP contribution in [0.2, 0.25) is 5.15 Å². The van der Waals surface area contributed by atoms with Gasteiger partial charge in [-0.25, -0.2) is 9.97 Å². The van der Waals surface area contributed by atoms with Crippen LogP contribution in [-0.4, -0.2) is 22.1 Å². The molecule has 1 N–H and O–H groups in total. The molecule has 2 heterocycles. The van der Waals surface area contributed by atoms with Crippen molar-refractivity contribution in [3.05, 3.63) is 52.7 Å². The fraction of sp³-hybridized carbons (Fsp3) is 0.158. The Labute approximate surface area is 144 Å². The Hall–Kier alpha value is -2.59. The molecule has 0 saturated carbocycles. The third kappa shape index (κ3) is 2.39. The SMILES string of the molecule is COc1ccc2nc(Cl)c(-c3nc4cc(C)c(C)cc4[nH]3)cc2c1. The molecule has 0 aliphatic heterocycles. The number of aromatic nitrogens is 3. The molecule has 0 bridgehead atoms. The Bertz CT molecular complexity index is 1050. The van der Waals surface area contributed by atoms with Gasteiger partial charge in [0.25, 0.3) is 0 Å². The highest BCUT2D eigenvalue weighted by atomic mass is 35.5. The zero-order chi connectivity index (χ0) is 16.8. The predicted molar refractivity (Wildman–Crippen MR) is 97.9 cm³/mol. The van der Waals surface area contributed by atoms with Gasteiger partial charge >= 0.3 is 0 Å². The number of imidazole rings is 1. The minimum Gasteiger partial charge on any atom is -0.497 e. The smallest absolute Gasteiger partial charge is 0.141 e. The number of benzene rings is 2. The molecule has 0 radical (unpaired) electrons. The summed E-state index contributed by atoms with van der Waals surface area (Å²) in [7, 11) is 1.65. The van der Waals surface area contributed by atoms with Crippen LogP contribution in [0.4, 0.5) is 0 Å². The second kappa shape index (κ2) is 5.49. The highest BCUT2D eigenvalue weighted by molar-refractivity contribution is 6.32. The van der Waals surface area contributed by atoms with E-state index in [1.54, 1.807) is 7.11 Å². The van der Waals surface area contributed by atoms with Gasteiger partial charge in [0.15, 0.2) is 0 Å². The molecule has 120 valence electrons. The molecule has 24 heavy (non-hydrogen) atoms. The number of aromatic amines is 1. The zero-order valence-corrected chi connectivity index (χ0v) is 14.4. The zero-order valence-electron chi connectivity index (χ0n) is 13.6. The van der Waals surface area contributed by atoms with Crippen molar-refractivity contribution >= 4 is 33.5 Å². The van der Waals surface area contributed by atoms with Crippen molar-refractivity contribution in [2.75, 3.05) is 7.11 Å². The van der Waals surface area contributed by atoms with Gasteiger partial charge in [-0.15, -0.1) is 0 Å². The van der Waals surface area contributed by atoms with E-state index in [0.717, 1.165) is 39.1 Å². The maximum absolute atomic E-state index is 6.40. The van der Waals surface area contributed by atoms with Crippen LogP contribution in [0.25, 0.3) is 33.3 Å². The van der Waals surface area contributed by atoms with E-state index in [1.807, 2.05) is 24.3 Å². The molecule has 0 unspecified atom stereocenters. The van der Waals surface area contributed by atoms with Gasteiger partial charge in [0.1, 0.15) is 16.7 Å². The normalized spacial score (nSPS) is 11.3. The van der Waals surface area contributed by atoms with Gasteiger partial charge in [-0.3, -0.25) is 0 Å². The quantitative estimate of drug-likeness (QED) is 0.520. The number of halogens is 1. The summed E-state index contributed by atoms with van der Waals surface area (Å²) in [5, 5.41) is 1.39. The van der Waals surface area contributed by atoms with Crippen LogP contribution in [0.3, 0.4) is 0 Å². The van der Waals surface area contributed by atoms with Crippen LogP contribution in [0.15, 0.2) is 36.4 Å². The number of hydrogen-bond donors (Lipinski definition) is 1. The molecule has 0 aliphatic carbocycles. The van der Waals surface area contributed by atoms with Crippen molar-refractivity contribution in [1.82, 2.24) is 15.0 Å². The molecule has 0 atom stereocenters. The summed E-state index contributed by atoms with van der Waals surface area (Å²) in [6.45, 7) is 4.17. The average Bonchev–Trinajstić information content (AvgIpc) is 2.96. The lowest BCUT2D eigenvalue weighted by molar-refractivity contribution is 0.415. The Morgan fingerprint density at radius 3 is 2.54 bits per heavy atom. The van der Waals surface area contributed by atoms with Crippen molar-refractivity contribution in [3.8, 4) is 17.1 Å². The van der Waals surface area contributed by atoms with E-state index in [4.69, 9.17) is 16.3 Å². The number of aryl methyl sites for hydroxylation is 2. The topological polar surface area (TPSA) is 50.8 Å². The second-order valence-electron chi connectivity index (χ2n) is 5.92. The number of nitrogens with zero attached hydrogens (tertiary/aromatic N) is 2. The fourth-order valence-electron chi connectivity index (χ4n) is 2.82. The van der Waals surface area contributed by atoms with Crippen LogP contribution < -0.4 is 4.74 Å².